The number of nitrogen functional groups attached to an aromatic ring is 2. The second-order valence-corrected chi connectivity index (χ2v) is 5.95. The predicted molar refractivity (Wildman–Crippen MR) is 103 cm³/mol. The van der Waals surface area contributed by atoms with E-state index in [2.05, 4.69) is 36.0 Å². The van der Waals surface area contributed by atoms with E-state index < -0.39 is 0 Å². The SMILES string of the molecule is Nc1cccc(Br)n1.Nc1cccc(N2CCOC2=O)n1.O=C1NCCO1. The third kappa shape index (κ3) is 6.98. The first-order valence-corrected chi connectivity index (χ1v) is 8.70. The van der Waals surface area contributed by atoms with Gasteiger partial charge in [-0.2, -0.15) is 0 Å². The maximum absolute atomic E-state index is 11.1. The van der Waals surface area contributed by atoms with Crippen molar-refractivity contribution in [2.75, 3.05) is 42.7 Å². The maximum Gasteiger partial charge on any atom is 0.415 e. The number of halogens is 1. The normalized spacial score (nSPS) is 14.8. The second-order valence-electron chi connectivity index (χ2n) is 5.13. The van der Waals surface area contributed by atoms with Gasteiger partial charge in [0.2, 0.25) is 0 Å². The highest BCUT2D eigenvalue weighted by Gasteiger charge is 2.24. The van der Waals surface area contributed by atoms with Crippen molar-refractivity contribution in [3.63, 3.8) is 0 Å². The molecule has 2 aromatic heterocycles. The van der Waals surface area contributed by atoms with Gasteiger partial charge in [0.1, 0.15) is 35.3 Å². The number of rotatable bonds is 1. The van der Waals surface area contributed by atoms with Gasteiger partial charge in [-0.3, -0.25) is 4.90 Å². The van der Waals surface area contributed by atoms with Crippen molar-refractivity contribution in [2.24, 2.45) is 0 Å². The van der Waals surface area contributed by atoms with Crippen molar-refractivity contribution >= 4 is 45.6 Å². The molecular formula is C16H19BrN6O4. The van der Waals surface area contributed by atoms with Crippen LogP contribution in [0.3, 0.4) is 0 Å². The van der Waals surface area contributed by atoms with Gasteiger partial charge in [0, 0.05) is 0 Å². The average Bonchev–Trinajstić information content (AvgIpc) is 3.27. The first-order valence-electron chi connectivity index (χ1n) is 7.91. The molecule has 27 heavy (non-hydrogen) atoms. The van der Waals surface area contributed by atoms with Crippen molar-refractivity contribution in [3.05, 3.63) is 41.0 Å². The maximum atomic E-state index is 11.1. The van der Waals surface area contributed by atoms with Gasteiger partial charge in [-0.1, -0.05) is 12.1 Å². The number of hydrogen-bond donors (Lipinski definition) is 3. The summed E-state index contributed by atoms with van der Waals surface area (Å²) < 4.78 is 9.94. The predicted octanol–water partition coefficient (Wildman–Crippen LogP) is 1.77. The lowest BCUT2D eigenvalue weighted by Gasteiger charge is -2.10. The largest absolute Gasteiger partial charge is 0.448 e. The van der Waals surface area contributed by atoms with Crippen molar-refractivity contribution in [2.45, 2.75) is 0 Å². The van der Waals surface area contributed by atoms with Crippen molar-refractivity contribution in [1.82, 2.24) is 15.3 Å². The molecule has 0 aliphatic carbocycles. The summed E-state index contributed by atoms with van der Waals surface area (Å²) in [6, 6.07) is 10.6. The number of aromatic nitrogens is 2. The highest BCUT2D eigenvalue weighted by Crippen LogP contribution is 2.16. The smallest absolute Gasteiger partial charge is 0.415 e. The van der Waals surface area contributed by atoms with Crippen LogP contribution in [-0.2, 0) is 9.47 Å². The highest BCUT2D eigenvalue weighted by molar-refractivity contribution is 9.10. The van der Waals surface area contributed by atoms with Crippen molar-refractivity contribution in [3.8, 4) is 0 Å². The Morgan fingerprint density at radius 2 is 1.70 bits per heavy atom. The number of amides is 2. The highest BCUT2D eigenvalue weighted by atomic mass is 79.9. The Morgan fingerprint density at radius 3 is 2.11 bits per heavy atom. The first kappa shape index (κ1) is 20.2. The molecule has 4 heterocycles. The molecule has 0 saturated carbocycles. The van der Waals surface area contributed by atoms with E-state index in [-0.39, 0.29) is 12.2 Å². The molecule has 0 unspecified atom stereocenters. The molecule has 2 aliphatic heterocycles. The summed E-state index contributed by atoms with van der Waals surface area (Å²) in [5, 5.41) is 2.46. The van der Waals surface area contributed by atoms with Crippen LogP contribution < -0.4 is 21.7 Å². The molecule has 144 valence electrons. The van der Waals surface area contributed by atoms with Gasteiger partial charge in [0.05, 0.1) is 13.1 Å². The summed E-state index contributed by atoms with van der Waals surface area (Å²) in [4.78, 5) is 30.3. The lowest BCUT2D eigenvalue weighted by molar-refractivity contribution is 0.178. The Labute approximate surface area is 164 Å². The van der Waals surface area contributed by atoms with E-state index in [0.717, 1.165) is 4.60 Å². The number of anilines is 3. The van der Waals surface area contributed by atoms with Crippen LogP contribution in [-0.4, -0.2) is 48.5 Å². The minimum atomic E-state index is -0.363. The number of cyclic esters (lactones) is 2. The van der Waals surface area contributed by atoms with Gasteiger partial charge in [-0.05, 0) is 40.2 Å². The van der Waals surface area contributed by atoms with Gasteiger partial charge >= 0.3 is 12.2 Å². The molecule has 5 N–H and O–H groups in total. The fourth-order valence-electron chi connectivity index (χ4n) is 1.96. The summed E-state index contributed by atoms with van der Waals surface area (Å²) >= 11 is 3.17. The first-order chi connectivity index (χ1) is 13.0. The summed E-state index contributed by atoms with van der Waals surface area (Å²) in [6.45, 7) is 2.14. The monoisotopic (exact) mass is 438 g/mol. The zero-order chi connectivity index (χ0) is 19.6. The number of carbonyl (C=O) groups is 2. The number of carbonyl (C=O) groups excluding carboxylic acids is 2. The Morgan fingerprint density at radius 1 is 1.00 bits per heavy atom. The van der Waals surface area contributed by atoms with E-state index in [1.165, 1.54) is 4.90 Å². The molecule has 0 spiro atoms. The van der Waals surface area contributed by atoms with Gasteiger partial charge < -0.3 is 26.3 Å². The topological polar surface area (TPSA) is 146 Å². The van der Waals surface area contributed by atoms with Crippen molar-refractivity contribution < 1.29 is 19.1 Å². The molecule has 11 heteroatoms. The molecule has 2 fully saturated rings. The van der Waals surface area contributed by atoms with Crippen LogP contribution in [0, 0.1) is 0 Å². The molecule has 0 radical (unpaired) electrons. The quantitative estimate of drug-likeness (QED) is 0.570. The average molecular weight is 439 g/mol. The van der Waals surface area contributed by atoms with Gasteiger partial charge in [0.15, 0.2) is 0 Å². The minimum absolute atomic E-state index is 0.296. The summed E-state index contributed by atoms with van der Waals surface area (Å²) in [7, 11) is 0. The number of nitrogens with two attached hydrogens (primary N) is 2. The van der Waals surface area contributed by atoms with E-state index in [1.807, 2.05) is 12.1 Å². The number of ether oxygens (including phenoxy) is 2. The Hall–Kier alpha value is -3.08. The third-order valence-electron chi connectivity index (χ3n) is 3.13. The minimum Gasteiger partial charge on any atom is -0.448 e. The molecule has 0 atom stereocenters. The van der Waals surface area contributed by atoms with Gasteiger partial charge in [0.25, 0.3) is 0 Å². The molecule has 0 bridgehead atoms. The van der Waals surface area contributed by atoms with Crippen LogP contribution in [0.2, 0.25) is 0 Å². The summed E-state index contributed by atoms with van der Waals surface area (Å²) in [6.07, 6.45) is -0.659. The van der Waals surface area contributed by atoms with Crippen LogP contribution in [0.25, 0.3) is 0 Å². The molecule has 2 aliphatic rings. The van der Waals surface area contributed by atoms with Crippen LogP contribution >= 0.6 is 15.9 Å². The zero-order valence-corrected chi connectivity index (χ0v) is 15.9. The fourth-order valence-corrected chi connectivity index (χ4v) is 2.32. The van der Waals surface area contributed by atoms with E-state index in [1.54, 1.807) is 24.3 Å². The number of hydrogen-bond acceptors (Lipinski definition) is 8. The number of pyridine rings is 2. The number of nitrogens with zero attached hydrogens (tertiary/aromatic N) is 3. The summed E-state index contributed by atoms with van der Waals surface area (Å²) in [5.41, 5.74) is 10.8. The molecule has 2 amide bonds. The van der Waals surface area contributed by atoms with E-state index in [0.29, 0.717) is 43.8 Å². The van der Waals surface area contributed by atoms with Crippen molar-refractivity contribution in [1.29, 1.82) is 0 Å². The van der Waals surface area contributed by atoms with E-state index >= 15 is 0 Å². The van der Waals surface area contributed by atoms with E-state index in [9.17, 15) is 9.59 Å². The Bertz CT molecular complexity index is 766. The molecule has 2 saturated heterocycles. The van der Waals surface area contributed by atoms with Crippen LogP contribution in [0.5, 0.6) is 0 Å². The zero-order valence-electron chi connectivity index (χ0n) is 14.3. The van der Waals surface area contributed by atoms with Gasteiger partial charge in [-0.25, -0.2) is 19.6 Å². The summed E-state index contributed by atoms with van der Waals surface area (Å²) in [5.74, 6) is 1.49. The van der Waals surface area contributed by atoms with Crippen LogP contribution in [0.1, 0.15) is 0 Å². The fraction of sp³-hybridized carbons (Fsp3) is 0.250. The lowest BCUT2D eigenvalue weighted by atomic mass is 10.4. The lowest BCUT2D eigenvalue weighted by Crippen LogP contribution is -2.24. The Balaban J connectivity index is 0.000000159. The third-order valence-corrected chi connectivity index (χ3v) is 3.58. The number of alkyl carbamates (subject to hydrolysis) is 1. The second kappa shape index (κ2) is 10.2. The van der Waals surface area contributed by atoms with E-state index in [4.69, 9.17) is 16.2 Å². The molecule has 10 nitrogen and oxygen atoms in total. The van der Waals surface area contributed by atoms with Crippen LogP contribution in [0.15, 0.2) is 41.0 Å². The van der Waals surface area contributed by atoms with Crippen LogP contribution in [0.4, 0.5) is 27.0 Å². The van der Waals surface area contributed by atoms with Gasteiger partial charge in [-0.15, -0.1) is 0 Å². The molecule has 2 aromatic rings. The number of nitrogens with one attached hydrogen (secondary N) is 1. The molecule has 0 aromatic carbocycles. The Kier molecular flexibility index (Phi) is 7.62. The standard InChI is InChI=1S/C8H9N3O2.C5H5BrN2.C3H5NO2/c9-6-2-1-3-7(10-6)11-4-5-13-8(11)12;6-4-2-1-3-5(7)8-4;5-3-4-1-2-6-3/h1-3H,4-5H2,(H2,9,10);1-3H,(H2,7,8);1-2H2,(H,4,5). The molecular weight excluding hydrogens is 420 g/mol. The molecule has 4 rings (SSSR count).